The van der Waals surface area contributed by atoms with Gasteiger partial charge in [-0.05, 0) is 42.0 Å². The van der Waals surface area contributed by atoms with E-state index in [1.54, 1.807) is 24.3 Å². The highest BCUT2D eigenvalue weighted by molar-refractivity contribution is 7.98. The van der Waals surface area contributed by atoms with Crippen LogP contribution in [-0.4, -0.2) is 16.6 Å². The van der Waals surface area contributed by atoms with Gasteiger partial charge >= 0.3 is 6.36 Å². The monoisotopic (exact) mass is 416 g/mol. The van der Waals surface area contributed by atoms with Gasteiger partial charge in [-0.3, -0.25) is 0 Å². The third-order valence-corrected chi connectivity index (χ3v) is 4.29. The molecule has 1 heterocycles. The molecule has 0 aliphatic rings. The van der Waals surface area contributed by atoms with Crippen LogP contribution in [0.3, 0.4) is 0 Å². The van der Waals surface area contributed by atoms with Crippen LogP contribution in [0.25, 0.3) is 0 Å². The number of alkyl halides is 3. The Labute approximate surface area is 161 Å². The minimum Gasteiger partial charge on any atom is -0.484 e. The van der Waals surface area contributed by atoms with Gasteiger partial charge in [-0.2, -0.15) is 0 Å². The Bertz CT molecular complexity index is 870. The highest BCUT2D eigenvalue weighted by Gasteiger charge is 2.30. The summed E-state index contributed by atoms with van der Waals surface area (Å²) in [6.07, 6.45) is -4.70. The number of rotatable bonds is 7. The zero-order valence-corrected chi connectivity index (χ0v) is 15.1. The summed E-state index contributed by atoms with van der Waals surface area (Å²) in [4.78, 5) is 0. The number of ether oxygens (including phenoxy) is 2. The van der Waals surface area contributed by atoms with Gasteiger partial charge < -0.3 is 13.9 Å². The lowest BCUT2D eigenvalue weighted by Gasteiger charge is -2.08. The lowest BCUT2D eigenvalue weighted by molar-refractivity contribution is -0.274. The fraction of sp³-hybridized carbons (Fsp3) is 0.176. The van der Waals surface area contributed by atoms with Gasteiger partial charge in [0.25, 0.3) is 11.1 Å². The first-order valence-electron chi connectivity index (χ1n) is 7.56. The second-order valence-electron chi connectivity index (χ2n) is 5.18. The second kappa shape index (κ2) is 8.53. The van der Waals surface area contributed by atoms with Crippen LogP contribution in [0.4, 0.5) is 13.2 Å². The quantitative estimate of drug-likeness (QED) is 0.474. The highest BCUT2D eigenvalue weighted by atomic mass is 35.5. The Morgan fingerprint density at radius 3 is 2.30 bits per heavy atom. The van der Waals surface area contributed by atoms with Crippen molar-refractivity contribution in [1.29, 1.82) is 0 Å². The molecule has 0 aliphatic carbocycles. The van der Waals surface area contributed by atoms with E-state index in [1.807, 2.05) is 0 Å². The van der Waals surface area contributed by atoms with E-state index in [1.165, 1.54) is 36.0 Å². The van der Waals surface area contributed by atoms with Crippen LogP contribution in [0.2, 0.25) is 5.02 Å². The minimum atomic E-state index is -4.70. The molecule has 0 saturated carbocycles. The summed E-state index contributed by atoms with van der Waals surface area (Å²) < 4.78 is 51.2. The second-order valence-corrected chi connectivity index (χ2v) is 6.55. The molecule has 10 heteroatoms. The Hall–Kier alpha value is -2.39. The summed E-state index contributed by atoms with van der Waals surface area (Å²) in [5.41, 5.74) is 0.784. The smallest absolute Gasteiger partial charge is 0.484 e. The first-order chi connectivity index (χ1) is 12.9. The number of hydrogen-bond acceptors (Lipinski definition) is 6. The van der Waals surface area contributed by atoms with Crippen molar-refractivity contribution in [1.82, 2.24) is 10.2 Å². The molecule has 0 fully saturated rings. The molecule has 1 aromatic heterocycles. The Kier molecular flexibility index (Phi) is 6.12. The average molecular weight is 417 g/mol. The Morgan fingerprint density at radius 1 is 0.963 bits per heavy atom. The van der Waals surface area contributed by atoms with Crippen LogP contribution in [0.1, 0.15) is 11.5 Å². The maximum Gasteiger partial charge on any atom is 0.573 e. The molecule has 2 aromatic carbocycles. The lowest BCUT2D eigenvalue weighted by atomic mass is 10.2. The van der Waals surface area contributed by atoms with Crippen molar-refractivity contribution in [3.63, 3.8) is 0 Å². The van der Waals surface area contributed by atoms with E-state index >= 15 is 0 Å². The van der Waals surface area contributed by atoms with Crippen molar-refractivity contribution in [2.24, 2.45) is 0 Å². The summed E-state index contributed by atoms with van der Waals surface area (Å²) in [6, 6.07) is 12.4. The molecule has 0 N–H and O–H groups in total. The molecule has 27 heavy (non-hydrogen) atoms. The zero-order valence-electron chi connectivity index (χ0n) is 13.6. The summed E-state index contributed by atoms with van der Waals surface area (Å²) in [6.45, 7) is 0.110. The number of hydrogen-bond donors (Lipinski definition) is 0. The molecule has 0 bridgehead atoms. The van der Waals surface area contributed by atoms with Crippen molar-refractivity contribution < 1.29 is 27.1 Å². The van der Waals surface area contributed by atoms with Crippen molar-refractivity contribution in [2.45, 2.75) is 23.9 Å². The molecular weight excluding hydrogens is 405 g/mol. The van der Waals surface area contributed by atoms with Gasteiger partial charge in [-0.15, -0.1) is 23.4 Å². The minimum absolute atomic E-state index is 0.110. The number of halogens is 4. The van der Waals surface area contributed by atoms with E-state index in [4.69, 9.17) is 20.8 Å². The normalized spacial score (nSPS) is 11.4. The molecule has 0 aliphatic heterocycles. The van der Waals surface area contributed by atoms with Gasteiger partial charge in [0.1, 0.15) is 11.5 Å². The molecule has 142 valence electrons. The molecule has 0 saturated heterocycles. The Balaban J connectivity index is 1.48. The van der Waals surface area contributed by atoms with Crippen molar-refractivity contribution in [3.8, 4) is 11.5 Å². The van der Waals surface area contributed by atoms with Crippen LogP contribution < -0.4 is 9.47 Å². The number of nitrogens with zero attached hydrogens (tertiary/aromatic N) is 2. The first kappa shape index (κ1) is 19.4. The van der Waals surface area contributed by atoms with Crippen molar-refractivity contribution >= 4 is 23.4 Å². The molecule has 0 radical (unpaired) electrons. The summed E-state index contributed by atoms with van der Waals surface area (Å²) >= 11 is 7.06. The maximum absolute atomic E-state index is 12.1. The maximum atomic E-state index is 12.1. The van der Waals surface area contributed by atoms with Crippen LogP contribution >= 0.6 is 23.4 Å². The van der Waals surface area contributed by atoms with E-state index in [0.29, 0.717) is 27.6 Å². The predicted octanol–water partition coefficient (Wildman–Crippen LogP) is 5.49. The van der Waals surface area contributed by atoms with Gasteiger partial charge in [0, 0.05) is 10.8 Å². The van der Waals surface area contributed by atoms with Crippen LogP contribution in [-0.2, 0) is 12.4 Å². The number of aromatic nitrogens is 2. The van der Waals surface area contributed by atoms with Gasteiger partial charge in [0.2, 0.25) is 0 Å². The molecule has 5 nitrogen and oxygen atoms in total. The van der Waals surface area contributed by atoms with Gasteiger partial charge in [0.15, 0.2) is 6.61 Å². The topological polar surface area (TPSA) is 57.4 Å². The average Bonchev–Trinajstić information content (AvgIpc) is 3.07. The first-order valence-corrected chi connectivity index (χ1v) is 8.92. The zero-order chi connectivity index (χ0) is 19.3. The molecule has 0 amide bonds. The molecule has 0 spiro atoms. The summed E-state index contributed by atoms with van der Waals surface area (Å²) in [5.74, 6) is 1.11. The Morgan fingerprint density at radius 2 is 1.63 bits per heavy atom. The van der Waals surface area contributed by atoms with Crippen LogP contribution in [0.15, 0.2) is 58.2 Å². The fourth-order valence-electron chi connectivity index (χ4n) is 1.96. The lowest BCUT2D eigenvalue weighted by Crippen LogP contribution is -2.16. The molecule has 3 rings (SSSR count). The number of benzene rings is 2. The van der Waals surface area contributed by atoms with Gasteiger partial charge in [-0.25, -0.2) is 0 Å². The SMILES string of the molecule is FC(F)(F)Oc1ccc(CSc2nnc(COc3ccc(Cl)cc3)o2)cc1. The summed E-state index contributed by atoms with van der Waals surface area (Å²) in [7, 11) is 0. The fourth-order valence-corrected chi connectivity index (χ4v) is 2.83. The number of thioether (sulfide) groups is 1. The third-order valence-electron chi connectivity index (χ3n) is 3.14. The van der Waals surface area contributed by atoms with E-state index in [9.17, 15) is 13.2 Å². The van der Waals surface area contributed by atoms with Crippen LogP contribution in [0.5, 0.6) is 11.5 Å². The standard InChI is InChI=1S/C17H12ClF3N2O3S/c18-12-3-7-13(8-4-12)24-9-15-22-23-16(25-15)27-10-11-1-5-14(6-2-11)26-17(19,20)21/h1-8H,9-10H2. The molecule has 0 atom stereocenters. The van der Waals surface area contributed by atoms with Gasteiger partial charge in [0.05, 0.1) is 0 Å². The molecular formula is C17H12ClF3N2O3S. The van der Waals surface area contributed by atoms with E-state index in [-0.39, 0.29) is 12.4 Å². The van der Waals surface area contributed by atoms with E-state index < -0.39 is 6.36 Å². The van der Waals surface area contributed by atoms with Gasteiger partial charge in [-0.1, -0.05) is 35.5 Å². The predicted molar refractivity (Wildman–Crippen MR) is 92.8 cm³/mol. The third kappa shape index (κ3) is 6.37. The van der Waals surface area contributed by atoms with Crippen LogP contribution in [0, 0.1) is 0 Å². The highest BCUT2D eigenvalue weighted by Crippen LogP contribution is 2.26. The van der Waals surface area contributed by atoms with E-state index in [2.05, 4.69) is 14.9 Å². The molecule has 3 aromatic rings. The van der Waals surface area contributed by atoms with Crippen molar-refractivity contribution in [2.75, 3.05) is 0 Å². The molecule has 0 unspecified atom stereocenters. The largest absolute Gasteiger partial charge is 0.573 e. The van der Waals surface area contributed by atoms with E-state index in [0.717, 1.165) is 5.56 Å². The summed E-state index contributed by atoms with van der Waals surface area (Å²) in [5, 5.41) is 8.72. The van der Waals surface area contributed by atoms with Crippen molar-refractivity contribution in [3.05, 3.63) is 65.0 Å².